The number of halogens is 1. The Morgan fingerprint density at radius 1 is 1.27 bits per heavy atom. The van der Waals surface area contributed by atoms with Gasteiger partial charge in [0.25, 0.3) is 0 Å². The predicted molar refractivity (Wildman–Crippen MR) is 91.0 cm³/mol. The third-order valence-electron chi connectivity index (χ3n) is 3.65. The first-order chi connectivity index (χ1) is 12.3. The normalized spacial score (nSPS) is 11.1. The van der Waals surface area contributed by atoms with E-state index in [-0.39, 0.29) is 39.8 Å². The third-order valence-corrected chi connectivity index (χ3v) is 3.65. The van der Waals surface area contributed by atoms with Gasteiger partial charge in [-0.05, 0) is 44.2 Å². The Hall–Kier alpha value is -3.42. The number of aromatic carboxylic acids is 1. The summed E-state index contributed by atoms with van der Waals surface area (Å²) < 4.78 is 24.2. The van der Waals surface area contributed by atoms with Crippen LogP contribution in [0.4, 0.5) is 10.1 Å². The van der Waals surface area contributed by atoms with Gasteiger partial charge in [-0.15, -0.1) is 0 Å². The summed E-state index contributed by atoms with van der Waals surface area (Å²) in [5, 5.41) is 21.1. The number of furan rings is 1. The highest BCUT2D eigenvalue weighted by Crippen LogP contribution is 2.40. The van der Waals surface area contributed by atoms with Crippen LogP contribution < -0.4 is 4.74 Å². The van der Waals surface area contributed by atoms with Crippen LogP contribution in [0.15, 0.2) is 40.8 Å². The number of carbonyl (C=O) groups is 1. The molecule has 3 aromatic rings. The molecule has 3 rings (SSSR count). The second kappa shape index (κ2) is 6.47. The van der Waals surface area contributed by atoms with Crippen molar-refractivity contribution in [3.05, 3.63) is 57.9 Å². The van der Waals surface area contributed by atoms with Crippen LogP contribution in [0.25, 0.3) is 22.3 Å². The van der Waals surface area contributed by atoms with Gasteiger partial charge in [-0.25, -0.2) is 9.18 Å². The minimum absolute atomic E-state index is 0.0107. The van der Waals surface area contributed by atoms with Crippen molar-refractivity contribution in [3.63, 3.8) is 0 Å². The van der Waals surface area contributed by atoms with Crippen LogP contribution in [0.3, 0.4) is 0 Å². The molecule has 26 heavy (non-hydrogen) atoms. The number of hydrogen-bond acceptors (Lipinski definition) is 5. The second-order valence-electron chi connectivity index (χ2n) is 5.86. The average Bonchev–Trinajstić information content (AvgIpc) is 2.92. The molecule has 0 radical (unpaired) electrons. The van der Waals surface area contributed by atoms with Crippen molar-refractivity contribution in [2.24, 2.45) is 0 Å². The Balaban J connectivity index is 2.30. The molecule has 8 heteroatoms. The van der Waals surface area contributed by atoms with Crippen molar-refractivity contribution in [1.82, 2.24) is 0 Å². The highest BCUT2D eigenvalue weighted by molar-refractivity contribution is 6.08. The van der Waals surface area contributed by atoms with E-state index in [1.54, 1.807) is 13.8 Å². The predicted octanol–water partition coefficient (Wildman–Crippen LogP) is 4.63. The Bertz CT molecular complexity index is 1010. The van der Waals surface area contributed by atoms with E-state index in [0.717, 1.165) is 6.07 Å². The molecule has 0 aliphatic rings. The quantitative estimate of drug-likeness (QED) is 0.526. The van der Waals surface area contributed by atoms with Gasteiger partial charge in [-0.1, -0.05) is 0 Å². The SMILES string of the molecule is CC(C)Oc1cc2c(C(=O)O)c(-c3ccc(F)cc3)oc2cc1[N+](=O)[O-]. The number of benzene rings is 2. The number of nitrogens with zero attached hydrogens (tertiary/aromatic N) is 1. The van der Waals surface area contributed by atoms with Crippen molar-refractivity contribution in [3.8, 4) is 17.1 Å². The van der Waals surface area contributed by atoms with Crippen LogP contribution in [0.5, 0.6) is 5.75 Å². The van der Waals surface area contributed by atoms with Gasteiger partial charge in [-0.2, -0.15) is 0 Å². The van der Waals surface area contributed by atoms with Gasteiger partial charge in [0.05, 0.1) is 17.1 Å². The summed E-state index contributed by atoms with van der Waals surface area (Å²) in [5.74, 6) is -1.81. The van der Waals surface area contributed by atoms with E-state index < -0.39 is 16.7 Å². The number of hydrogen-bond donors (Lipinski definition) is 1. The molecular formula is C18H14FNO6. The maximum absolute atomic E-state index is 13.1. The smallest absolute Gasteiger partial charge is 0.340 e. The van der Waals surface area contributed by atoms with Crippen LogP contribution >= 0.6 is 0 Å². The molecule has 2 aromatic carbocycles. The van der Waals surface area contributed by atoms with Gasteiger partial charge in [0, 0.05) is 10.9 Å². The van der Waals surface area contributed by atoms with Crippen molar-refractivity contribution in [2.45, 2.75) is 20.0 Å². The fraction of sp³-hybridized carbons (Fsp3) is 0.167. The van der Waals surface area contributed by atoms with Gasteiger partial charge >= 0.3 is 11.7 Å². The summed E-state index contributed by atoms with van der Waals surface area (Å²) in [4.78, 5) is 22.5. The molecule has 0 unspecified atom stereocenters. The zero-order chi connectivity index (χ0) is 19.0. The van der Waals surface area contributed by atoms with Crippen molar-refractivity contribution >= 4 is 22.6 Å². The first-order valence-corrected chi connectivity index (χ1v) is 7.68. The lowest BCUT2D eigenvalue weighted by Gasteiger charge is -2.09. The minimum atomic E-state index is -1.27. The molecule has 0 aliphatic heterocycles. The summed E-state index contributed by atoms with van der Waals surface area (Å²) in [6.45, 7) is 3.40. The van der Waals surface area contributed by atoms with Gasteiger partial charge in [0.2, 0.25) is 0 Å². The van der Waals surface area contributed by atoms with E-state index >= 15 is 0 Å². The van der Waals surface area contributed by atoms with Crippen LogP contribution in [-0.2, 0) is 0 Å². The highest BCUT2D eigenvalue weighted by atomic mass is 19.1. The fourth-order valence-corrected chi connectivity index (χ4v) is 2.62. The lowest BCUT2D eigenvalue weighted by atomic mass is 10.0. The number of fused-ring (bicyclic) bond motifs is 1. The zero-order valence-corrected chi connectivity index (χ0v) is 13.9. The molecule has 7 nitrogen and oxygen atoms in total. The van der Waals surface area contributed by atoms with Crippen LogP contribution in [0, 0.1) is 15.9 Å². The molecule has 0 aliphatic carbocycles. The summed E-state index contributed by atoms with van der Waals surface area (Å²) >= 11 is 0. The molecule has 0 fully saturated rings. The standard InChI is InChI=1S/C18H14FNO6/c1-9(2)25-15-7-12-14(8-13(15)20(23)24)26-17(16(12)18(21)22)10-3-5-11(19)6-4-10/h3-9H,1-2H3,(H,21,22). The Labute approximate surface area is 146 Å². The lowest BCUT2D eigenvalue weighted by molar-refractivity contribution is -0.385. The number of nitro benzene ring substituents is 1. The van der Waals surface area contributed by atoms with Gasteiger partial charge in [-0.3, -0.25) is 10.1 Å². The van der Waals surface area contributed by atoms with Gasteiger partial charge in [0.15, 0.2) is 5.75 Å². The monoisotopic (exact) mass is 359 g/mol. The van der Waals surface area contributed by atoms with Gasteiger partial charge < -0.3 is 14.3 Å². The molecule has 0 saturated carbocycles. The molecule has 1 N–H and O–H groups in total. The Morgan fingerprint density at radius 2 is 1.92 bits per heavy atom. The topological polar surface area (TPSA) is 103 Å². The first-order valence-electron chi connectivity index (χ1n) is 7.68. The van der Waals surface area contributed by atoms with Crippen LogP contribution in [-0.4, -0.2) is 22.1 Å². The number of carboxylic acid groups (broad SMARTS) is 1. The van der Waals surface area contributed by atoms with E-state index in [2.05, 4.69) is 0 Å². The summed E-state index contributed by atoms with van der Waals surface area (Å²) in [7, 11) is 0. The maximum atomic E-state index is 13.1. The maximum Gasteiger partial charge on any atom is 0.340 e. The van der Waals surface area contributed by atoms with Crippen LogP contribution in [0.2, 0.25) is 0 Å². The second-order valence-corrected chi connectivity index (χ2v) is 5.86. The molecule has 1 heterocycles. The Kier molecular flexibility index (Phi) is 4.33. The van der Waals surface area contributed by atoms with Crippen molar-refractivity contribution in [1.29, 1.82) is 0 Å². The lowest BCUT2D eigenvalue weighted by Crippen LogP contribution is -2.07. The molecular weight excluding hydrogens is 345 g/mol. The molecule has 0 saturated heterocycles. The molecule has 1 aromatic heterocycles. The van der Waals surface area contributed by atoms with Gasteiger partial charge in [0.1, 0.15) is 22.7 Å². The van der Waals surface area contributed by atoms with E-state index in [1.807, 2.05) is 0 Å². The summed E-state index contributed by atoms with van der Waals surface area (Å²) in [6.07, 6.45) is -0.345. The summed E-state index contributed by atoms with van der Waals surface area (Å²) in [6, 6.07) is 7.51. The fourth-order valence-electron chi connectivity index (χ4n) is 2.62. The van der Waals surface area contributed by atoms with E-state index in [9.17, 15) is 24.4 Å². The third kappa shape index (κ3) is 3.08. The number of rotatable bonds is 5. The molecule has 0 spiro atoms. The van der Waals surface area contributed by atoms with Crippen LogP contribution in [0.1, 0.15) is 24.2 Å². The number of nitro groups is 1. The molecule has 0 amide bonds. The van der Waals surface area contributed by atoms with E-state index in [1.165, 1.54) is 30.3 Å². The van der Waals surface area contributed by atoms with Crippen molar-refractivity contribution < 1.29 is 28.4 Å². The molecule has 0 bridgehead atoms. The summed E-state index contributed by atoms with van der Waals surface area (Å²) in [5.41, 5.74) is -0.129. The number of ether oxygens (including phenoxy) is 1. The average molecular weight is 359 g/mol. The minimum Gasteiger partial charge on any atom is -0.484 e. The van der Waals surface area contributed by atoms with Crippen molar-refractivity contribution in [2.75, 3.05) is 0 Å². The van der Waals surface area contributed by atoms with E-state index in [4.69, 9.17) is 9.15 Å². The van der Waals surface area contributed by atoms with E-state index in [0.29, 0.717) is 5.56 Å². The number of carboxylic acids is 1. The molecule has 0 atom stereocenters. The molecule has 134 valence electrons. The zero-order valence-electron chi connectivity index (χ0n) is 13.9. The highest BCUT2D eigenvalue weighted by Gasteiger charge is 2.27. The first kappa shape index (κ1) is 17.4. The Morgan fingerprint density at radius 3 is 2.46 bits per heavy atom. The largest absolute Gasteiger partial charge is 0.484 e.